The summed E-state index contributed by atoms with van der Waals surface area (Å²) in [6.07, 6.45) is 2.35. The van der Waals surface area contributed by atoms with Crippen molar-refractivity contribution in [3.63, 3.8) is 0 Å². The lowest BCUT2D eigenvalue weighted by Crippen LogP contribution is -2.36. The van der Waals surface area contributed by atoms with Gasteiger partial charge in [-0.05, 0) is 38.5 Å². The first-order valence-corrected chi connectivity index (χ1v) is 11.1. The number of pyridine rings is 1. The van der Waals surface area contributed by atoms with Crippen LogP contribution in [0.2, 0.25) is 0 Å². The number of aromatic amines is 1. The molecule has 2 atom stereocenters. The van der Waals surface area contributed by atoms with Crippen LogP contribution in [0.3, 0.4) is 0 Å². The molecule has 1 aromatic carbocycles. The van der Waals surface area contributed by atoms with Gasteiger partial charge in [-0.2, -0.15) is 9.97 Å². The molecule has 34 heavy (non-hydrogen) atoms. The Hall–Kier alpha value is -4.02. The number of H-pyrrole nitrogens is 1. The first-order valence-electron chi connectivity index (χ1n) is 11.1. The normalized spacial score (nSPS) is 16.8. The molecule has 176 valence electrons. The number of nitrogens with two attached hydrogens (primary N) is 1. The van der Waals surface area contributed by atoms with Gasteiger partial charge in [0.05, 0.1) is 17.9 Å². The topological polar surface area (TPSA) is 138 Å². The molecular formula is C23H26FN9O. The standard InChI is InChI=1S/C23H26FN9O/c1-11-17(24)5-4-14-8-16(12(2)28-21-19-20(27-10-26-19)31-23(25)32-21)22(30-18(11)14)33-7-6-15(9-33)29-13(3)34/h4-5,8,10,12,15H,6-7,9H2,1-3H3,(H,29,34)(H4,25,26,27,28,31,32)/t12-,15+/m0/s1. The molecule has 10 nitrogen and oxygen atoms in total. The van der Waals surface area contributed by atoms with Gasteiger partial charge in [0, 0.05) is 42.6 Å². The number of benzene rings is 1. The summed E-state index contributed by atoms with van der Waals surface area (Å²) in [6.45, 7) is 6.60. The molecule has 0 radical (unpaired) electrons. The van der Waals surface area contributed by atoms with Crippen LogP contribution < -0.4 is 21.3 Å². The SMILES string of the molecule is CC(=O)N[C@@H]1CCN(c2nc3c(C)c(F)ccc3cc2[C@H](C)Nc2nc(N)nc3nc[nH]c23)C1. The average molecular weight is 464 g/mol. The molecule has 0 aliphatic carbocycles. The Bertz CT molecular complexity index is 1400. The number of nitrogen functional groups attached to an aromatic ring is 1. The molecule has 5 rings (SSSR count). The molecule has 4 heterocycles. The van der Waals surface area contributed by atoms with Crippen molar-refractivity contribution in [2.45, 2.75) is 39.3 Å². The van der Waals surface area contributed by atoms with Crippen LogP contribution in [0.15, 0.2) is 24.5 Å². The fourth-order valence-corrected chi connectivity index (χ4v) is 4.53. The summed E-state index contributed by atoms with van der Waals surface area (Å²) >= 11 is 0. The molecule has 0 unspecified atom stereocenters. The van der Waals surface area contributed by atoms with E-state index in [2.05, 4.69) is 35.5 Å². The Morgan fingerprint density at radius 3 is 2.94 bits per heavy atom. The first kappa shape index (κ1) is 21.8. The van der Waals surface area contributed by atoms with Gasteiger partial charge in [-0.3, -0.25) is 4.79 Å². The van der Waals surface area contributed by atoms with Crippen molar-refractivity contribution in [1.82, 2.24) is 30.2 Å². The number of aromatic nitrogens is 5. The summed E-state index contributed by atoms with van der Waals surface area (Å²) in [5.41, 5.74) is 9.06. The first-order chi connectivity index (χ1) is 16.3. The van der Waals surface area contributed by atoms with Crippen LogP contribution in [-0.4, -0.2) is 50.0 Å². The van der Waals surface area contributed by atoms with Gasteiger partial charge in [0.15, 0.2) is 11.5 Å². The molecule has 1 amide bonds. The second kappa shape index (κ2) is 8.40. The Kier molecular flexibility index (Phi) is 5.39. The highest BCUT2D eigenvalue weighted by atomic mass is 19.1. The summed E-state index contributed by atoms with van der Waals surface area (Å²) in [5, 5.41) is 7.24. The van der Waals surface area contributed by atoms with Crippen molar-refractivity contribution in [1.29, 1.82) is 0 Å². The largest absolute Gasteiger partial charge is 0.368 e. The third kappa shape index (κ3) is 3.93. The number of amides is 1. The monoisotopic (exact) mass is 463 g/mol. The van der Waals surface area contributed by atoms with Gasteiger partial charge >= 0.3 is 0 Å². The van der Waals surface area contributed by atoms with E-state index in [4.69, 9.17) is 10.7 Å². The van der Waals surface area contributed by atoms with E-state index >= 15 is 0 Å². The fourth-order valence-electron chi connectivity index (χ4n) is 4.53. The van der Waals surface area contributed by atoms with E-state index in [1.54, 1.807) is 19.3 Å². The third-order valence-electron chi connectivity index (χ3n) is 6.20. The number of nitrogens with zero attached hydrogens (tertiary/aromatic N) is 5. The molecule has 0 spiro atoms. The Labute approximate surface area is 195 Å². The van der Waals surface area contributed by atoms with Crippen LogP contribution >= 0.6 is 0 Å². The number of hydrogen-bond donors (Lipinski definition) is 4. The average Bonchev–Trinajstić information content (AvgIpc) is 3.44. The number of hydrogen-bond acceptors (Lipinski definition) is 8. The van der Waals surface area contributed by atoms with Gasteiger partial charge in [0.1, 0.15) is 17.2 Å². The quantitative estimate of drug-likeness (QED) is 0.355. The van der Waals surface area contributed by atoms with Gasteiger partial charge in [-0.1, -0.05) is 0 Å². The van der Waals surface area contributed by atoms with Crippen LogP contribution in [0, 0.1) is 12.7 Å². The zero-order valence-electron chi connectivity index (χ0n) is 19.2. The van der Waals surface area contributed by atoms with E-state index < -0.39 is 0 Å². The number of fused-ring (bicyclic) bond motifs is 2. The Morgan fingerprint density at radius 1 is 1.32 bits per heavy atom. The van der Waals surface area contributed by atoms with Crippen molar-refractivity contribution in [2.75, 3.05) is 29.0 Å². The molecule has 1 fully saturated rings. The molecule has 1 aliphatic heterocycles. The highest BCUT2D eigenvalue weighted by molar-refractivity contribution is 5.86. The summed E-state index contributed by atoms with van der Waals surface area (Å²) in [5.74, 6) is 1.05. The molecular weight excluding hydrogens is 437 g/mol. The number of carbonyl (C=O) groups is 1. The van der Waals surface area contributed by atoms with Crippen molar-refractivity contribution in [3.8, 4) is 0 Å². The number of halogens is 1. The number of rotatable bonds is 5. The second-order valence-electron chi connectivity index (χ2n) is 8.68. The maximum absolute atomic E-state index is 14.3. The van der Waals surface area contributed by atoms with Crippen LogP contribution in [0.5, 0.6) is 0 Å². The van der Waals surface area contributed by atoms with E-state index in [1.165, 1.54) is 13.0 Å². The van der Waals surface area contributed by atoms with E-state index in [-0.39, 0.29) is 29.8 Å². The number of nitrogens with one attached hydrogen (secondary N) is 3. The molecule has 11 heteroatoms. The predicted molar refractivity (Wildman–Crippen MR) is 129 cm³/mol. The smallest absolute Gasteiger partial charge is 0.224 e. The highest BCUT2D eigenvalue weighted by Gasteiger charge is 2.28. The molecule has 5 N–H and O–H groups in total. The molecule has 1 aliphatic rings. The van der Waals surface area contributed by atoms with Gasteiger partial charge < -0.3 is 26.3 Å². The maximum Gasteiger partial charge on any atom is 0.224 e. The number of aryl methyl sites for hydroxylation is 1. The zero-order valence-corrected chi connectivity index (χ0v) is 19.2. The lowest BCUT2D eigenvalue weighted by atomic mass is 10.0. The maximum atomic E-state index is 14.3. The minimum atomic E-state index is -0.291. The summed E-state index contributed by atoms with van der Waals surface area (Å²) in [4.78, 5) is 34.3. The molecule has 3 aromatic heterocycles. The molecule has 0 saturated carbocycles. The number of imidazole rings is 1. The van der Waals surface area contributed by atoms with Gasteiger partial charge in [0.25, 0.3) is 0 Å². The second-order valence-corrected chi connectivity index (χ2v) is 8.68. The number of carbonyl (C=O) groups excluding carboxylic acids is 1. The third-order valence-corrected chi connectivity index (χ3v) is 6.20. The fraction of sp³-hybridized carbons (Fsp3) is 0.348. The molecule has 0 bridgehead atoms. The van der Waals surface area contributed by atoms with E-state index in [0.717, 1.165) is 29.7 Å². The lowest BCUT2D eigenvalue weighted by molar-refractivity contribution is -0.119. The van der Waals surface area contributed by atoms with Gasteiger partial charge in [0.2, 0.25) is 11.9 Å². The van der Waals surface area contributed by atoms with E-state index in [9.17, 15) is 9.18 Å². The minimum absolute atomic E-state index is 0.0333. The van der Waals surface area contributed by atoms with Crippen molar-refractivity contribution in [2.24, 2.45) is 0 Å². The van der Waals surface area contributed by atoms with Crippen LogP contribution in [-0.2, 0) is 4.79 Å². The van der Waals surface area contributed by atoms with Crippen molar-refractivity contribution >= 4 is 45.6 Å². The van der Waals surface area contributed by atoms with Crippen molar-refractivity contribution < 1.29 is 9.18 Å². The van der Waals surface area contributed by atoms with Gasteiger partial charge in [-0.25, -0.2) is 14.4 Å². The zero-order chi connectivity index (χ0) is 24.0. The summed E-state index contributed by atoms with van der Waals surface area (Å²) in [7, 11) is 0. The summed E-state index contributed by atoms with van der Waals surface area (Å²) in [6, 6.07) is 5.04. The van der Waals surface area contributed by atoms with Crippen LogP contribution in [0.4, 0.5) is 22.0 Å². The predicted octanol–water partition coefficient (Wildman–Crippen LogP) is 2.82. The highest BCUT2D eigenvalue weighted by Crippen LogP contribution is 2.34. The molecule has 1 saturated heterocycles. The number of anilines is 3. The van der Waals surface area contributed by atoms with Gasteiger partial charge in [-0.15, -0.1) is 0 Å². The Morgan fingerprint density at radius 2 is 2.15 bits per heavy atom. The van der Waals surface area contributed by atoms with E-state index in [1.807, 2.05) is 13.0 Å². The van der Waals surface area contributed by atoms with Crippen LogP contribution in [0.1, 0.15) is 37.4 Å². The van der Waals surface area contributed by atoms with Crippen molar-refractivity contribution in [3.05, 3.63) is 41.5 Å². The minimum Gasteiger partial charge on any atom is -0.368 e. The molecule has 4 aromatic rings. The Balaban J connectivity index is 1.57. The van der Waals surface area contributed by atoms with Crippen LogP contribution in [0.25, 0.3) is 22.1 Å². The lowest BCUT2D eigenvalue weighted by Gasteiger charge is -2.26. The van der Waals surface area contributed by atoms with E-state index in [0.29, 0.717) is 34.6 Å². The summed E-state index contributed by atoms with van der Waals surface area (Å²) < 4.78 is 14.3.